The summed E-state index contributed by atoms with van der Waals surface area (Å²) in [7, 11) is -3.71. The molecule has 1 aliphatic heterocycles. The van der Waals surface area contributed by atoms with Gasteiger partial charge in [0.05, 0.1) is 10.5 Å². The van der Waals surface area contributed by atoms with Crippen molar-refractivity contribution >= 4 is 27.9 Å². The molecule has 0 atom stereocenters. The molecule has 0 spiro atoms. The van der Waals surface area contributed by atoms with Crippen LogP contribution in [-0.2, 0) is 19.6 Å². The Kier molecular flexibility index (Phi) is 7.66. The van der Waals surface area contributed by atoms with Crippen molar-refractivity contribution in [2.24, 2.45) is 0 Å². The molecule has 3 rings (SSSR count). The van der Waals surface area contributed by atoms with Gasteiger partial charge in [0, 0.05) is 19.1 Å². The van der Waals surface area contributed by atoms with Crippen LogP contribution >= 0.6 is 0 Å². The Labute approximate surface area is 182 Å². The van der Waals surface area contributed by atoms with Crippen LogP contribution in [0.5, 0.6) is 0 Å². The Morgan fingerprint density at radius 1 is 1.06 bits per heavy atom. The predicted octanol–water partition coefficient (Wildman–Crippen LogP) is 2.09. The lowest BCUT2D eigenvalue weighted by atomic mass is 10.1. The number of nitrogens with zero attached hydrogens (tertiary/aromatic N) is 1. The SMILES string of the molecule is Cc1ccc(C(=O)OCC(=O)NC(=O)NC2CCCC2)cc1S(=O)(=O)N1CCCCC1. The normalized spacial score (nSPS) is 17.8. The van der Waals surface area contributed by atoms with E-state index < -0.39 is 34.5 Å². The first kappa shape index (κ1) is 23.2. The molecule has 0 unspecified atom stereocenters. The van der Waals surface area contributed by atoms with Crippen molar-refractivity contribution in [3.05, 3.63) is 29.3 Å². The molecule has 1 aromatic carbocycles. The standard InChI is InChI=1S/C21H29N3O6S/c1-15-9-10-16(13-18(15)31(28,29)24-11-5-2-6-12-24)20(26)30-14-19(25)23-21(27)22-17-7-3-4-8-17/h9-10,13,17H,2-8,11-12,14H2,1H3,(H2,22,23,25,27). The van der Waals surface area contributed by atoms with E-state index in [1.165, 1.54) is 16.4 Å². The number of urea groups is 1. The third kappa shape index (κ3) is 6.04. The van der Waals surface area contributed by atoms with Crippen LogP contribution in [0.3, 0.4) is 0 Å². The van der Waals surface area contributed by atoms with Gasteiger partial charge in [0.15, 0.2) is 6.61 Å². The Bertz CT molecular complexity index is 934. The molecule has 2 aliphatic rings. The average molecular weight is 452 g/mol. The summed E-state index contributed by atoms with van der Waals surface area (Å²) in [4.78, 5) is 36.1. The van der Waals surface area contributed by atoms with Crippen LogP contribution in [0, 0.1) is 6.92 Å². The average Bonchev–Trinajstić information content (AvgIpc) is 3.25. The van der Waals surface area contributed by atoms with Crippen LogP contribution in [0.1, 0.15) is 60.9 Å². The highest BCUT2D eigenvalue weighted by Crippen LogP contribution is 2.24. The molecular formula is C21H29N3O6S. The van der Waals surface area contributed by atoms with E-state index in [0.717, 1.165) is 44.9 Å². The summed E-state index contributed by atoms with van der Waals surface area (Å²) >= 11 is 0. The number of imide groups is 1. The number of carbonyl (C=O) groups is 3. The molecule has 0 bridgehead atoms. The number of carbonyl (C=O) groups excluding carboxylic acids is 3. The zero-order chi connectivity index (χ0) is 22.4. The number of amides is 3. The maximum atomic E-state index is 13.0. The molecule has 9 nitrogen and oxygen atoms in total. The van der Waals surface area contributed by atoms with Gasteiger partial charge in [-0.25, -0.2) is 18.0 Å². The summed E-state index contributed by atoms with van der Waals surface area (Å²) in [6.07, 6.45) is 6.47. The van der Waals surface area contributed by atoms with Crippen molar-refractivity contribution in [2.45, 2.75) is 62.8 Å². The first-order valence-electron chi connectivity index (χ1n) is 10.7. The Morgan fingerprint density at radius 2 is 1.74 bits per heavy atom. The molecule has 3 amide bonds. The highest BCUT2D eigenvalue weighted by atomic mass is 32.2. The lowest BCUT2D eigenvalue weighted by Crippen LogP contribution is -2.45. The summed E-state index contributed by atoms with van der Waals surface area (Å²) in [6, 6.07) is 3.73. The minimum absolute atomic E-state index is 0.0318. The molecule has 170 valence electrons. The van der Waals surface area contributed by atoms with Crippen LogP contribution < -0.4 is 10.6 Å². The molecule has 1 saturated carbocycles. The van der Waals surface area contributed by atoms with Gasteiger partial charge in [-0.3, -0.25) is 10.1 Å². The van der Waals surface area contributed by atoms with E-state index in [1.807, 2.05) is 0 Å². The highest BCUT2D eigenvalue weighted by molar-refractivity contribution is 7.89. The summed E-state index contributed by atoms with van der Waals surface area (Å²) in [5, 5.41) is 4.84. The van der Waals surface area contributed by atoms with E-state index in [2.05, 4.69) is 10.6 Å². The van der Waals surface area contributed by atoms with E-state index >= 15 is 0 Å². The third-order valence-corrected chi connectivity index (χ3v) is 7.68. The van der Waals surface area contributed by atoms with Crippen molar-refractivity contribution < 1.29 is 27.5 Å². The van der Waals surface area contributed by atoms with Gasteiger partial charge in [0.2, 0.25) is 10.0 Å². The molecule has 2 N–H and O–H groups in total. The molecule has 10 heteroatoms. The number of esters is 1. The number of piperidine rings is 1. The van der Waals surface area contributed by atoms with Crippen molar-refractivity contribution in [1.29, 1.82) is 0 Å². The summed E-state index contributed by atoms with van der Waals surface area (Å²) in [6.45, 7) is 1.94. The minimum atomic E-state index is -3.71. The van der Waals surface area contributed by atoms with Crippen LogP contribution in [-0.4, -0.2) is 56.4 Å². The van der Waals surface area contributed by atoms with Gasteiger partial charge >= 0.3 is 12.0 Å². The second kappa shape index (κ2) is 10.2. The molecule has 0 aromatic heterocycles. The number of hydrogen-bond donors (Lipinski definition) is 2. The number of benzene rings is 1. The first-order chi connectivity index (χ1) is 14.8. The zero-order valence-corrected chi connectivity index (χ0v) is 18.5. The molecule has 1 aliphatic carbocycles. The summed E-state index contributed by atoms with van der Waals surface area (Å²) in [5.41, 5.74) is 0.563. The topological polar surface area (TPSA) is 122 Å². The molecule has 0 radical (unpaired) electrons. The molecule has 2 fully saturated rings. The zero-order valence-electron chi connectivity index (χ0n) is 17.7. The van der Waals surface area contributed by atoms with Crippen LogP contribution in [0.15, 0.2) is 23.1 Å². The quantitative estimate of drug-likeness (QED) is 0.639. The Hall–Kier alpha value is -2.46. The fourth-order valence-electron chi connectivity index (χ4n) is 3.92. The number of nitrogens with one attached hydrogen (secondary N) is 2. The number of hydrogen-bond acceptors (Lipinski definition) is 6. The fourth-order valence-corrected chi connectivity index (χ4v) is 5.69. The van der Waals surface area contributed by atoms with E-state index in [9.17, 15) is 22.8 Å². The second-order valence-electron chi connectivity index (χ2n) is 8.02. The van der Waals surface area contributed by atoms with Gasteiger partial charge < -0.3 is 10.1 Å². The molecule has 1 saturated heterocycles. The smallest absolute Gasteiger partial charge is 0.338 e. The number of rotatable bonds is 6. The Balaban J connectivity index is 1.58. The van der Waals surface area contributed by atoms with Gasteiger partial charge in [0.1, 0.15) is 0 Å². The van der Waals surface area contributed by atoms with Crippen LogP contribution in [0.2, 0.25) is 0 Å². The first-order valence-corrected chi connectivity index (χ1v) is 12.1. The van der Waals surface area contributed by atoms with Gasteiger partial charge in [-0.15, -0.1) is 0 Å². The second-order valence-corrected chi connectivity index (χ2v) is 9.93. The molecule has 31 heavy (non-hydrogen) atoms. The van der Waals surface area contributed by atoms with Crippen molar-refractivity contribution in [3.8, 4) is 0 Å². The predicted molar refractivity (Wildman–Crippen MR) is 113 cm³/mol. The number of ether oxygens (including phenoxy) is 1. The van der Waals surface area contributed by atoms with Crippen LogP contribution in [0.4, 0.5) is 4.79 Å². The van der Waals surface area contributed by atoms with E-state index in [0.29, 0.717) is 18.7 Å². The third-order valence-electron chi connectivity index (χ3n) is 5.63. The largest absolute Gasteiger partial charge is 0.452 e. The lowest BCUT2D eigenvalue weighted by Gasteiger charge is -2.26. The van der Waals surface area contributed by atoms with Gasteiger partial charge in [0.25, 0.3) is 5.91 Å². The van der Waals surface area contributed by atoms with E-state index in [-0.39, 0.29) is 16.5 Å². The molecule has 1 aromatic rings. The van der Waals surface area contributed by atoms with E-state index in [4.69, 9.17) is 4.74 Å². The van der Waals surface area contributed by atoms with Crippen molar-refractivity contribution in [2.75, 3.05) is 19.7 Å². The molecule has 1 heterocycles. The van der Waals surface area contributed by atoms with Crippen molar-refractivity contribution in [3.63, 3.8) is 0 Å². The highest BCUT2D eigenvalue weighted by Gasteiger charge is 2.28. The Morgan fingerprint density at radius 3 is 2.42 bits per heavy atom. The number of aryl methyl sites for hydroxylation is 1. The number of sulfonamides is 1. The summed E-state index contributed by atoms with van der Waals surface area (Å²) < 4.78 is 32.4. The fraction of sp³-hybridized carbons (Fsp3) is 0.571. The lowest BCUT2D eigenvalue weighted by molar-refractivity contribution is -0.123. The maximum absolute atomic E-state index is 13.0. The van der Waals surface area contributed by atoms with Gasteiger partial charge in [-0.2, -0.15) is 4.31 Å². The van der Waals surface area contributed by atoms with Crippen molar-refractivity contribution in [1.82, 2.24) is 14.9 Å². The maximum Gasteiger partial charge on any atom is 0.338 e. The summed E-state index contributed by atoms with van der Waals surface area (Å²) in [5.74, 6) is -1.58. The molecular weight excluding hydrogens is 422 g/mol. The monoisotopic (exact) mass is 451 g/mol. The van der Waals surface area contributed by atoms with Crippen LogP contribution in [0.25, 0.3) is 0 Å². The van der Waals surface area contributed by atoms with Gasteiger partial charge in [-0.1, -0.05) is 25.3 Å². The minimum Gasteiger partial charge on any atom is -0.452 e. The van der Waals surface area contributed by atoms with Gasteiger partial charge in [-0.05, 0) is 50.3 Å². The van der Waals surface area contributed by atoms with E-state index in [1.54, 1.807) is 13.0 Å².